The van der Waals surface area contributed by atoms with Gasteiger partial charge in [-0.25, -0.2) is 0 Å². The van der Waals surface area contributed by atoms with Gasteiger partial charge in [0.05, 0.1) is 0 Å². The molecule has 0 bridgehead atoms. The van der Waals surface area contributed by atoms with E-state index in [9.17, 15) is 9.59 Å². The minimum atomic E-state index is -0.548. The number of benzene rings is 3. The van der Waals surface area contributed by atoms with Gasteiger partial charge >= 0.3 is 0 Å². The minimum Gasteiger partial charge on any atom is -0.352 e. The fraction of sp³-hybridized carbons (Fsp3) is 0.333. The van der Waals surface area contributed by atoms with Gasteiger partial charge in [0.15, 0.2) is 0 Å². The van der Waals surface area contributed by atoms with Crippen molar-refractivity contribution in [2.45, 2.75) is 58.7 Å². The molecule has 0 radical (unpaired) electrons. The van der Waals surface area contributed by atoms with Crippen LogP contribution in [-0.2, 0) is 22.6 Å². The summed E-state index contributed by atoms with van der Waals surface area (Å²) in [6.07, 6.45) is 1.84. The van der Waals surface area contributed by atoms with Crippen LogP contribution in [0.3, 0.4) is 0 Å². The summed E-state index contributed by atoms with van der Waals surface area (Å²) >= 11 is 3.45. The number of carbonyl (C=O) groups excluding carboxylic acids is 2. The molecule has 3 rings (SSSR count). The van der Waals surface area contributed by atoms with Gasteiger partial charge in [0.1, 0.15) is 6.04 Å². The molecule has 0 spiro atoms. The summed E-state index contributed by atoms with van der Waals surface area (Å²) in [6, 6.07) is 21.8. The molecular weight excluding hydrogens is 464 g/mol. The van der Waals surface area contributed by atoms with Crippen LogP contribution in [0.25, 0.3) is 10.8 Å². The number of carbonyl (C=O) groups is 2. The van der Waals surface area contributed by atoms with Gasteiger partial charge in [0, 0.05) is 23.5 Å². The van der Waals surface area contributed by atoms with Crippen LogP contribution in [0.4, 0.5) is 0 Å². The Morgan fingerprint density at radius 1 is 0.969 bits per heavy atom. The molecule has 168 valence electrons. The van der Waals surface area contributed by atoms with Crippen LogP contribution >= 0.6 is 15.9 Å². The highest BCUT2D eigenvalue weighted by molar-refractivity contribution is 9.10. The molecule has 3 aromatic rings. The number of nitrogens with one attached hydrogen (secondary N) is 1. The lowest BCUT2D eigenvalue weighted by Crippen LogP contribution is -2.49. The van der Waals surface area contributed by atoms with Gasteiger partial charge in [-0.05, 0) is 60.7 Å². The predicted molar refractivity (Wildman–Crippen MR) is 134 cm³/mol. The summed E-state index contributed by atoms with van der Waals surface area (Å²) in [7, 11) is 0. The molecule has 32 heavy (non-hydrogen) atoms. The van der Waals surface area contributed by atoms with E-state index >= 15 is 0 Å². The Bertz CT molecular complexity index is 1060. The fourth-order valence-corrected chi connectivity index (χ4v) is 3.99. The molecule has 1 N–H and O–H groups in total. The van der Waals surface area contributed by atoms with Gasteiger partial charge in [0.25, 0.3) is 0 Å². The van der Waals surface area contributed by atoms with E-state index in [1.807, 2.05) is 63.2 Å². The zero-order valence-corrected chi connectivity index (χ0v) is 20.6. The molecule has 0 aromatic heterocycles. The lowest BCUT2D eigenvalue weighted by atomic mass is 10.0. The van der Waals surface area contributed by atoms with E-state index < -0.39 is 6.04 Å². The molecule has 0 fully saturated rings. The molecule has 0 aliphatic rings. The number of hydrogen-bond donors (Lipinski definition) is 1. The Kier molecular flexibility index (Phi) is 8.46. The zero-order valence-electron chi connectivity index (χ0n) is 19.0. The van der Waals surface area contributed by atoms with Crippen LogP contribution in [0, 0.1) is 0 Å². The molecule has 3 aromatic carbocycles. The second-order valence-corrected chi connectivity index (χ2v) is 9.20. The first kappa shape index (κ1) is 24.0. The average molecular weight is 495 g/mol. The van der Waals surface area contributed by atoms with Gasteiger partial charge < -0.3 is 10.2 Å². The number of nitrogens with zero attached hydrogens (tertiary/aromatic N) is 1. The Morgan fingerprint density at radius 3 is 2.38 bits per heavy atom. The third-order valence-corrected chi connectivity index (χ3v) is 6.45. The molecule has 0 saturated carbocycles. The highest BCUT2D eigenvalue weighted by Gasteiger charge is 2.26. The maximum absolute atomic E-state index is 13.4. The number of fused-ring (bicyclic) bond motifs is 1. The third kappa shape index (κ3) is 6.19. The largest absolute Gasteiger partial charge is 0.352 e. The molecule has 0 aliphatic carbocycles. The second kappa shape index (κ2) is 11.3. The molecular formula is C27H31BrN2O2. The van der Waals surface area contributed by atoms with Gasteiger partial charge in [-0.1, -0.05) is 77.5 Å². The molecule has 0 aliphatic heterocycles. The smallest absolute Gasteiger partial charge is 0.242 e. The van der Waals surface area contributed by atoms with E-state index in [-0.39, 0.29) is 17.9 Å². The SMILES string of the molecule is CC[C@H](C)NC(=O)[C@H](C)N(Cc1ccc(Br)cc1)C(=O)CCc1cccc2ccccc12. The van der Waals surface area contributed by atoms with Crippen LogP contribution in [-0.4, -0.2) is 28.8 Å². The first-order chi connectivity index (χ1) is 15.4. The van der Waals surface area contributed by atoms with Crippen LogP contribution < -0.4 is 5.32 Å². The van der Waals surface area contributed by atoms with E-state index in [1.165, 1.54) is 10.8 Å². The van der Waals surface area contributed by atoms with Crippen molar-refractivity contribution < 1.29 is 9.59 Å². The molecule has 4 nitrogen and oxygen atoms in total. The van der Waals surface area contributed by atoms with Gasteiger partial charge in [-0.15, -0.1) is 0 Å². The van der Waals surface area contributed by atoms with Crippen LogP contribution in [0.5, 0.6) is 0 Å². The van der Waals surface area contributed by atoms with Gasteiger partial charge in [-0.2, -0.15) is 0 Å². The van der Waals surface area contributed by atoms with Gasteiger partial charge in [-0.3, -0.25) is 9.59 Å². The van der Waals surface area contributed by atoms with Crippen LogP contribution in [0.15, 0.2) is 71.2 Å². The summed E-state index contributed by atoms with van der Waals surface area (Å²) in [5, 5.41) is 5.36. The van der Waals surface area contributed by atoms with E-state index in [0.717, 1.165) is 22.0 Å². The number of halogens is 1. The van der Waals surface area contributed by atoms with E-state index in [4.69, 9.17) is 0 Å². The molecule has 0 saturated heterocycles. The van der Waals surface area contributed by atoms with Crippen molar-refractivity contribution in [2.24, 2.45) is 0 Å². The van der Waals surface area contributed by atoms with Crippen molar-refractivity contribution in [3.63, 3.8) is 0 Å². The number of aryl methyl sites for hydroxylation is 1. The first-order valence-electron chi connectivity index (χ1n) is 11.2. The monoisotopic (exact) mass is 494 g/mol. The Hall–Kier alpha value is -2.66. The third-order valence-electron chi connectivity index (χ3n) is 5.92. The highest BCUT2D eigenvalue weighted by atomic mass is 79.9. The van der Waals surface area contributed by atoms with E-state index in [0.29, 0.717) is 19.4 Å². The molecule has 2 atom stereocenters. The van der Waals surface area contributed by atoms with E-state index in [2.05, 4.69) is 45.5 Å². The average Bonchev–Trinajstić information content (AvgIpc) is 2.81. The zero-order chi connectivity index (χ0) is 23.1. The summed E-state index contributed by atoms with van der Waals surface area (Å²) < 4.78 is 0.984. The van der Waals surface area contributed by atoms with Crippen molar-refractivity contribution in [1.82, 2.24) is 10.2 Å². The summed E-state index contributed by atoms with van der Waals surface area (Å²) in [6.45, 7) is 6.22. The summed E-state index contributed by atoms with van der Waals surface area (Å²) in [4.78, 5) is 27.9. The Morgan fingerprint density at radius 2 is 1.66 bits per heavy atom. The quantitative estimate of drug-likeness (QED) is 0.404. The van der Waals surface area contributed by atoms with Crippen molar-refractivity contribution in [3.05, 3.63) is 82.3 Å². The number of hydrogen-bond acceptors (Lipinski definition) is 2. The molecule has 0 unspecified atom stereocenters. The Balaban J connectivity index is 1.78. The molecule has 2 amide bonds. The van der Waals surface area contributed by atoms with Crippen molar-refractivity contribution in [2.75, 3.05) is 0 Å². The molecule has 0 heterocycles. The summed E-state index contributed by atoms with van der Waals surface area (Å²) in [5.74, 6) is -0.136. The number of amides is 2. The standard InChI is InChI=1S/C27H31BrN2O2/c1-4-19(2)29-27(32)20(3)30(18-21-12-15-24(28)16-13-21)26(31)17-14-23-10-7-9-22-8-5-6-11-25(22)23/h5-13,15-16,19-20H,4,14,17-18H2,1-3H3,(H,29,32)/t19-,20-/m0/s1. The first-order valence-corrected chi connectivity index (χ1v) is 12.0. The van der Waals surface area contributed by atoms with E-state index in [1.54, 1.807) is 4.90 Å². The minimum absolute atomic E-state index is 0.0207. The van der Waals surface area contributed by atoms with Crippen LogP contribution in [0.2, 0.25) is 0 Å². The normalized spacial score (nSPS) is 12.9. The Labute approximate surface area is 199 Å². The second-order valence-electron chi connectivity index (χ2n) is 8.28. The lowest BCUT2D eigenvalue weighted by molar-refractivity contribution is -0.140. The predicted octanol–water partition coefficient (Wildman–Crippen LogP) is 5.87. The molecule has 5 heteroatoms. The summed E-state index contributed by atoms with van der Waals surface area (Å²) in [5.41, 5.74) is 2.15. The van der Waals surface area contributed by atoms with Crippen molar-refractivity contribution in [1.29, 1.82) is 0 Å². The lowest BCUT2D eigenvalue weighted by Gasteiger charge is -2.30. The maximum atomic E-state index is 13.4. The maximum Gasteiger partial charge on any atom is 0.242 e. The van der Waals surface area contributed by atoms with Crippen molar-refractivity contribution in [3.8, 4) is 0 Å². The fourth-order valence-electron chi connectivity index (χ4n) is 3.73. The van der Waals surface area contributed by atoms with Crippen molar-refractivity contribution >= 4 is 38.5 Å². The van der Waals surface area contributed by atoms with Crippen LogP contribution in [0.1, 0.15) is 44.7 Å². The number of rotatable bonds is 9. The topological polar surface area (TPSA) is 49.4 Å². The van der Waals surface area contributed by atoms with Gasteiger partial charge in [0.2, 0.25) is 11.8 Å². The highest BCUT2D eigenvalue weighted by Crippen LogP contribution is 2.21.